The number of thiazole rings is 1. The second kappa shape index (κ2) is 4.48. The summed E-state index contributed by atoms with van der Waals surface area (Å²) in [4.78, 5) is 33.9. The van der Waals surface area contributed by atoms with E-state index in [2.05, 4.69) is 4.98 Å². The van der Waals surface area contributed by atoms with E-state index in [9.17, 15) is 9.59 Å². The highest BCUT2D eigenvalue weighted by molar-refractivity contribution is 7.11. The smallest absolute Gasteiger partial charge is 0.330 e. The molecule has 2 amide bonds. The van der Waals surface area contributed by atoms with Crippen LogP contribution in [0, 0.1) is 0 Å². The number of hydrogen-bond donors (Lipinski definition) is 0. The molecule has 1 aliphatic heterocycles. The third-order valence-electron chi connectivity index (χ3n) is 2.27. The van der Waals surface area contributed by atoms with Gasteiger partial charge in [-0.3, -0.25) is 4.98 Å². The van der Waals surface area contributed by atoms with Crippen LogP contribution in [0.25, 0.3) is 0 Å². The van der Waals surface area contributed by atoms with Crippen LogP contribution in [-0.2, 0) is 4.84 Å². The molecular weight excluding hydrogens is 230 g/mol. The average molecular weight is 241 g/mol. The van der Waals surface area contributed by atoms with Crippen LogP contribution in [0.3, 0.4) is 0 Å². The van der Waals surface area contributed by atoms with Crippen molar-refractivity contribution in [2.24, 2.45) is 0 Å². The molecule has 0 spiro atoms. The Hall–Kier alpha value is -1.63. The van der Waals surface area contributed by atoms with Crippen molar-refractivity contribution in [3.63, 3.8) is 0 Å². The van der Waals surface area contributed by atoms with E-state index in [-0.39, 0.29) is 6.03 Å². The molecular formula is C9H11N3O3S. The monoisotopic (exact) mass is 241 g/mol. The molecule has 0 aromatic carbocycles. The molecule has 0 atom stereocenters. The van der Waals surface area contributed by atoms with E-state index in [1.165, 1.54) is 17.5 Å². The minimum atomic E-state index is -0.534. The fourth-order valence-corrected chi connectivity index (χ4v) is 1.89. The number of hydroxylamine groups is 2. The number of rotatable bonds is 3. The predicted molar refractivity (Wildman–Crippen MR) is 56.9 cm³/mol. The second-order valence-corrected chi connectivity index (χ2v) is 4.10. The molecule has 1 aromatic heterocycles. The highest BCUT2D eigenvalue weighted by Crippen LogP contribution is 2.13. The van der Waals surface area contributed by atoms with E-state index < -0.39 is 5.97 Å². The standard InChI is InChI=1S/C9H11N3O3S/c1-2-11-3-4-12(9(11)14)15-8(13)7-5-10-6-16-7/h5-6H,2-4H2,1H3. The highest BCUT2D eigenvalue weighted by atomic mass is 32.1. The van der Waals surface area contributed by atoms with Crippen LogP contribution in [-0.4, -0.2) is 46.6 Å². The predicted octanol–water partition coefficient (Wildman–Crippen LogP) is 0.972. The molecule has 2 rings (SSSR count). The van der Waals surface area contributed by atoms with Gasteiger partial charge in [0.15, 0.2) is 0 Å². The van der Waals surface area contributed by atoms with Gasteiger partial charge in [-0.25, -0.2) is 9.59 Å². The Morgan fingerprint density at radius 2 is 2.44 bits per heavy atom. The van der Waals surface area contributed by atoms with Gasteiger partial charge in [0.05, 0.1) is 18.3 Å². The molecule has 1 fully saturated rings. The zero-order valence-corrected chi connectivity index (χ0v) is 9.57. The molecule has 1 saturated heterocycles. The summed E-state index contributed by atoms with van der Waals surface area (Å²) in [5.41, 5.74) is 1.54. The van der Waals surface area contributed by atoms with Gasteiger partial charge in [0, 0.05) is 13.1 Å². The fourth-order valence-electron chi connectivity index (χ4n) is 1.40. The van der Waals surface area contributed by atoms with Crippen molar-refractivity contribution >= 4 is 23.3 Å². The van der Waals surface area contributed by atoms with Crippen molar-refractivity contribution in [2.75, 3.05) is 19.6 Å². The molecule has 1 aliphatic rings. The number of nitrogens with zero attached hydrogens (tertiary/aromatic N) is 3. The molecule has 1 aromatic rings. The number of likely N-dealkylation sites (N-methyl/N-ethyl adjacent to an activating group) is 1. The minimum absolute atomic E-state index is 0.264. The summed E-state index contributed by atoms with van der Waals surface area (Å²) in [5.74, 6) is -0.534. The Morgan fingerprint density at radius 3 is 3.00 bits per heavy atom. The first-order valence-corrected chi connectivity index (χ1v) is 5.77. The van der Waals surface area contributed by atoms with Gasteiger partial charge in [-0.05, 0) is 6.92 Å². The van der Waals surface area contributed by atoms with Gasteiger partial charge >= 0.3 is 12.0 Å². The Labute approximate surface area is 96.4 Å². The average Bonchev–Trinajstić information content (AvgIpc) is 2.89. The first-order valence-electron chi connectivity index (χ1n) is 4.89. The van der Waals surface area contributed by atoms with Gasteiger partial charge < -0.3 is 9.74 Å². The van der Waals surface area contributed by atoms with Gasteiger partial charge in [0.1, 0.15) is 4.88 Å². The first kappa shape index (κ1) is 10.9. The topological polar surface area (TPSA) is 62.7 Å². The van der Waals surface area contributed by atoms with Crippen LogP contribution in [0.1, 0.15) is 16.6 Å². The second-order valence-electron chi connectivity index (χ2n) is 3.21. The Morgan fingerprint density at radius 1 is 1.62 bits per heavy atom. The summed E-state index contributed by atoms with van der Waals surface area (Å²) in [6, 6.07) is -0.264. The van der Waals surface area contributed by atoms with E-state index in [0.29, 0.717) is 24.5 Å². The summed E-state index contributed by atoms with van der Waals surface area (Å²) in [7, 11) is 0. The molecule has 0 radical (unpaired) electrons. The van der Waals surface area contributed by atoms with E-state index in [1.54, 1.807) is 10.4 Å². The van der Waals surface area contributed by atoms with Gasteiger partial charge in [-0.1, -0.05) is 0 Å². The zero-order chi connectivity index (χ0) is 11.5. The molecule has 0 bridgehead atoms. The molecule has 0 saturated carbocycles. The maximum Gasteiger partial charge on any atom is 0.374 e. The normalized spacial score (nSPS) is 15.7. The van der Waals surface area contributed by atoms with Crippen molar-refractivity contribution in [3.05, 3.63) is 16.6 Å². The number of hydrogen-bond acceptors (Lipinski definition) is 5. The Bertz CT molecular complexity index is 393. The SMILES string of the molecule is CCN1CCN(OC(=O)c2cncs2)C1=O. The molecule has 86 valence electrons. The lowest BCUT2D eigenvalue weighted by Gasteiger charge is -2.15. The minimum Gasteiger partial charge on any atom is -0.330 e. The zero-order valence-electron chi connectivity index (χ0n) is 8.75. The maximum atomic E-state index is 11.6. The third-order valence-corrected chi connectivity index (χ3v) is 3.02. The van der Waals surface area contributed by atoms with Gasteiger partial charge in [0.2, 0.25) is 0 Å². The molecule has 6 nitrogen and oxygen atoms in total. The van der Waals surface area contributed by atoms with Crippen LogP contribution in [0.5, 0.6) is 0 Å². The number of carbonyl (C=O) groups excluding carboxylic acids is 2. The van der Waals surface area contributed by atoms with Crippen LogP contribution in [0.15, 0.2) is 11.7 Å². The van der Waals surface area contributed by atoms with Crippen LogP contribution < -0.4 is 0 Å². The molecule has 0 N–H and O–H groups in total. The Balaban J connectivity index is 1.96. The molecule has 0 unspecified atom stereocenters. The number of carbonyl (C=O) groups is 2. The van der Waals surface area contributed by atoms with E-state index in [0.717, 1.165) is 5.06 Å². The summed E-state index contributed by atoms with van der Waals surface area (Å²) in [6.07, 6.45) is 1.42. The van der Waals surface area contributed by atoms with E-state index in [4.69, 9.17) is 4.84 Å². The molecule has 7 heteroatoms. The maximum absolute atomic E-state index is 11.6. The van der Waals surface area contributed by atoms with E-state index >= 15 is 0 Å². The Kier molecular flexibility index (Phi) is 3.04. The number of aromatic nitrogens is 1. The molecule has 16 heavy (non-hydrogen) atoms. The van der Waals surface area contributed by atoms with Crippen molar-refractivity contribution in [1.29, 1.82) is 0 Å². The van der Waals surface area contributed by atoms with Crippen LogP contribution in [0.4, 0.5) is 4.79 Å². The lowest BCUT2D eigenvalue weighted by molar-refractivity contribution is -0.0616. The van der Waals surface area contributed by atoms with Crippen molar-refractivity contribution < 1.29 is 14.4 Å². The van der Waals surface area contributed by atoms with Crippen molar-refractivity contribution in [3.8, 4) is 0 Å². The largest absolute Gasteiger partial charge is 0.374 e. The fraction of sp³-hybridized carbons (Fsp3) is 0.444. The quantitative estimate of drug-likeness (QED) is 0.791. The van der Waals surface area contributed by atoms with Crippen molar-refractivity contribution in [1.82, 2.24) is 14.9 Å². The number of urea groups is 1. The summed E-state index contributed by atoms with van der Waals surface area (Å²) < 4.78 is 0. The lowest BCUT2D eigenvalue weighted by atomic mass is 10.6. The lowest BCUT2D eigenvalue weighted by Crippen LogP contribution is -2.33. The van der Waals surface area contributed by atoms with Gasteiger partial charge in [-0.15, -0.1) is 11.3 Å². The summed E-state index contributed by atoms with van der Waals surface area (Å²) in [6.45, 7) is 3.50. The summed E-state index contributed by atoms with van der Waals surface area (Å²) >= 11 is 1.18. The van der Waals surface area contributed by atoms with Crippen molar-refractivity contribution in [2.45, 2.75) is 6.92 Å². The van der Waals surface area contributed by atoms with E-state index in [1.807, 2.05) is 6.92 Å². The van der Waals surface area contributed by atoms with Gasteiger partial charge in [0.25, 0.3) is 0 Å². The van der Waals surface area contributed by atoms with Crippen LogP contribution in [0.2, 0.25) is 0 Å². The highest BCUT2D eigenvalue weighted by Gasteiger charge is 2.30. The number of amides is 2. The van der Waals surface area contributed by atoms with Crippen LogP contribution >= 0.6 is 11.3 Å². The summed E-state index contributed by atoms with van der Waals surface area (Å²) in [5, 5.41) is 1.09. The molecule has 2 heterocycles. The first-order chi connectivity index (χ1) is 7.72. The molecule has 0 aliphatic carbocycles. The van der Waals surface area contributed by atoms with Gasteiger partial charge in [-0.2, -0.15) is 5.06 Å². The third kappa shape index (κ3) is 1.99.